The topological polar surface area (TPSA) is 57.8 Å². The molecule has 1 aromatic heterocycles. The molecule has 3 aromatic rings. The van der Waals surface area contributed by atoms with Crippen LogP contribution in [-0.2, 0) is 4.79 Å². The first-order valence-corrected chi connectivity index (χ1v) is 10.6. The van der Waals surface area contributed by atoms with Gasteiger partial charge in [-0.25, -0.2) is 0 Å². The number of allylic oxidation sites excluding steroid dienone is 2. The van der Waals surface area contributed by atoms with E-state index < -0.39 is 0 Å². The van der Waals surface area contributed by atoms with E-state index in [9.17, 15) is 4.79 Å². The van der Waals surface area contributed by atoms with Gasteiger partial charge in [0, 0.05) is 33.6 Å². The third-order valence-electron chi connectivity index (χ3n) is 5.82. The first-order chi connectivity index (χ1) is 13.9. The summed E-state index contributed by atoms with van der Waals surface area (Å²) < 4.78 is 1.01. The highest BCUT2D eigenvalue weighted by Crippen LogP contribution is 2.51. The molecular weight excluding hydrogens is 426 g/mol. The highest BCUT2D eigenvalue weighted by Gasteiger charge is 2.42. The van der Waals surface area contributed by atoms with E-state index in [0.29, 0.717) is 6.42 Å². The van der Waals surface area contributed by atoms with E-state index in [1.807, 2.05) is 30.3 Å². The lowest BCUT2D eigenvalue weighted by Gasteiger charge is -2.38. The van der Waals surface area contributed by atoms with Crippen LogP contribution in [0.1, 0.15) is 43.7 Å². The van der Waals surface area contributed by atoms with Gasteiger partial charge in [0.05, 0.1) is 5.69 Å². The van der Waals surface area contributed by atoms with Crippen molar-refractivity contribution in [1.82, 2.24) is 10.2 Å². The second kappa shape index (κ2) is 6.70. The van der Waals surface area contributed by atoms with Gasteiger partial charge in [-0.2, -0.15) is 5.10 Å². The zero-order valence-corrected chi connectivity index (χ0v) is 18.0. The first-order valence-electron chi connectivity index (χ1n) is 9.85. The molecule has 146 valence electrons. The van der Waals surface area contributed by atoms with E-state index in [2.05, 4.69) is 69.6 Å². The summed E-state index contributed by atoms with van der Waals surface area (Å²) in [5.74, 6) is 0.897. The fourth-order valence-corrected chi connectivity index (χ4v) is 5.06. The summed E-state index contributed by atoms with van der Waals surface area (Å²) in [6.07, 6.45) is 1.40. The lowest BCUT2D eigenvalue weighted by atomic mass is 9.69. The van der Waals surface area contributed by atoms with Gasteiger partial charge in [-0.1, -0.05) is 72.2 Å². The molecule has 2 heterocycles. The molecule has 5 rings (SSSR count). The fraction of sp³-hybridized carbons (Fsp3) is 0.250. The molecule has 2 N–H and O–H groups in total. The van der Waals surface area contributed by atoms with Crippen molar-refractivity contribution in [2.45, 2.75) is 32.6 Å². The van der Waals surface area contributed by atoms with Crippen LogP contribution >= 0.6 is 15.9 Å². The van der Waals surface area contributed by atoms with Gasteiger partial charge in [0.2, 0.25) is 0 Å². The second-order valence-corrected chi connectivity index (χ2v) is 9.59. The number of ketones is 1. The molecule has 2 aliphatic rings. The molecular formula is C24H22BrN3O. The second-order valence-electron chi connectivity index (χ2n) is 8.67. The highest BCUT2D eigenvalue weighted by molar-refractivity contribution is 9.10. The molecule has 1 atom stereocenters. The van der Waals surface area contributed by atoms with Crippen molar-refractivity contribution in [3.05, 3.63) is 81.5 Å². The van der Waals surface area contributed by atoms with Gasteiger partial charge in [0.25, 0.3) is 0 Å². The average Bonchev–Trinajstić information content (AvgIpc) is 3.09. The maximum Gasteiger partial charge on any atom is 0.162 e. The predicted octanol–water partition coefficient (Wildman–Crippen LogP) is 6.04. The minimum absolute atomic E-state index is 0.0548. The van der Waals surface area contributed by atoms with Crippen LogP contribution in [0.4, 0.5) is 5.82 Å². The number of nitrogens with one attached hydrogen (secondary N) is 2. The summed E-state index contributed by atoms with van der Waals surface area (Å²) in [5, 5.41) is 11.3. The van der Waals surface area contributed by atoms with Gasteiger partial charge in [-0.15, -0.1) is 0 Å². The Morgan fingerprint density at radius 1 is 1.07 bits per heavy atom. The molecule has 5 heteroatoms. The number of nitrogens with zero attached hydrogens (tertiary/aromatic N) is 1. The maximum absolute atomic E-state index is 13.4. The number of benzene rings is 2. The van der Waals surface area contributed by atoms with Crippen LogP contribution in [0.2, 0.25) is 0 Å². The quantitative estimate of drug-likeness (QED) is 0.503. The normalized spacial score (nSPS) is 20.1. The summed E-state index contributed by atoms with van der Waals surface area (Å²) in [7, 11) is 0. The third kappa shape index (κ3) is 3.14. The maximum atomic E-state index is 13.4. The summed E-state index contributed by atoms with van der Waals surface area (Å²) >= 11 is 3.60. The van der Waals surface area contributed by atoms with Gasteiger partial charge < -0.3 is 5.32 Å². The van der Waals surface area contributed by atoms with E-state index in [4.69, 9.17) is 0 Å². The van der Waals surface area contributed by atoms with Crippen molar-refractivity contribution in [3.8, 4) is 11.3 Å². The Labute approximate surface area is 178 Å². The smallest absolute Gasteiger partial charge is 0.162 e. The van der Waals surface area contributed by atoms with Gasteiger partial charge >= 0.3 is 0 Å². The zero-order valence-electron chi connectivity index (χ0n) is 16.4. The van der Waals surface area contributed by atoms with Crippen molar-refractivity contribution in [2.24, 2.45) is 5.41 Å². The molecule has 0 amide bonds. The largest absolute Gasteiger partial charge is 0.342 e. The third-order valence-corrected chi connectivity index (χ3v) is 6.31. The Balaban J connectivity index is 1.76. The molecule has 2 aromatic carbocycles. The van der Waals surface area contributed by atoms with Crippen LogP contribution in [0.15, 0.2) is 70.3 Å². The van der Waals surface area contributed by atoms with Gasteiger partial charge in [0.1, 0.15) is 0 Å². The lowest BCUT2D eigenvalue weighted by molar-refractivity contribution is -0.118. The number of carbonyl (C=O) groups is 1. The van der Waals surface area contributed by atoms with Crippen LogP contribution in [-0.4, -0.2) is 16.0 Å². The van der Waals surface area contributed by atoms with Crippen LogP contribution in [0.3, 0.4) is 0 Å². The summed E-state index contributed by atoms with van der Waals surface area (Å²) in [6.45, 7) is 4.31. The van der Waals surface area contributed by atoms with E-state index in [1.165, 1.54) is 0 Å². The Kier molecular flexibility index (Phi) is 4.24. The van der Waals surface area contributed by atoms with E-state index >= 15 is 0 Å². The fourth-order valence-electron chi connectivity index (χ4n) is 4.64. The zero-order chi connectivity index (χ0) is 20.2. The molecule has 0 radical (unpaired) electrons. The van der Waals surface area contributed by atoms with E-state index in [0.717, 1.165) is 50.4 Å². The van der Waals surface area contributed by atoms with Crippen molar-refractivity contribution in [1.29, 1.82) is 0 Å². The monoisotopic (exact) mass is 447 g/mol. The Morgan fingerprint density at radius 3 is 2.62 bits per heavy atom. The predicted molar refractivity (Wildman–Crippen MR) is 119 cm³/mol. The van der Waals surface area contributed by atoms with Crippen LogP contribution in [0, 0.1) is 5.41 Å². The van der Waals surface area contributed by atoms with Crippen LogP contribution in [0.5, 0.6) is 0 Å². The molecule has 1 aliphatic heterocycles. The number of Topliss-reactive ketones (excluding diaryl/α,β-unsaturated/α-hetero) is 1. The number of fused-ring (bicyclic) bond motifs is 1. The number of carbonyl (C=O) groups excluding carboxylic acids is 1. The lowest BCUT2D eigenvalue weighted by Crippen LogP contribution is -2.33. The van der Waals surface area contributed by atoms with Gasteiger partial charge in [-0.3, -0.25) is 9.89 Å². The minimum atomic E-state index is -0.142. The number of aromatic nitrogens is 2. The molecule has 4 nitrogen and oxygen atoms in total. The SMILES string of the molecule is CC1(C)CC(=O)C2=C(C1)Nc1n[nH]c(-c3ccccc3)c1[C@H]2c1cccc(Br)c1. The Bertz CT molecular complexity index is 1140. The molecule has 1 aliphatic carbocycles. The summed E-state index contributed by atoms with van der Waals surface area (Å²) in [6, 6.07) is 18.4. The Hall–Kier alpha value is -2.66. The number of hydrogen-bond donors (Lipinski definition) is 2. The standard InChI is InChI=1S/C24H22BrN3O/c1-24(2)12-17-20(18(29)13-24)19(15-9-6-10-16(25)11-15)21-22(27-28-23(21)26-17)14-7-4-3-5-8-14/h3-11,19H,12-13H2,1-2H3,(H2,26,27,28)/t19-/m0/s1. The molecule has 0 bridgehead atoms. The number of H-pyrrole nitrogens is 1. The number of rotatable bonds is 2. The molecule has 0 unspecified atom stereocenters. The summed E-state index contributed by atoms with van der Waals surface area (Å²) in [4.78, 5) is 13.4. The van der Waals surface area contributed by atoms with Crippen molar-refractivity contribution >= 4 is 27.5 Å². The van der Waals surface area contributed by atoms with Gasteiger partial charge in [0.15, 0.2) is 11.6 Å². The van der Waals surface area contributed by atoms with E-state index in [1.54, 1.807) is 0 Å². The van der Waals surface area contributed by atoms with Crippen molar-refractivity contribution in [2.75, 3.05) is 5.32 Å². The number of anilines is 1. The van der Waals surface area contributed by atoms with Crippen LogP contribution in [0.25, 0.3) is 11.3 Å². The average molecular weight is 448 g/mol. The summed E-state index contributed by atoms with van der Waals surface area (Å²) in [5.41, 5.74) is 6.00. The minimum Gasteiger partial charge on any atom is -0.342 e. The molecule has 0 saturated carbocycles. The van der Waals surface area contributed by atoms with Crippen molar-refractivity contribution < 1.29 is 4.79 Å². The molecule has 0 spiro atoms. The highest BCUT2D eigenvalue weighted by atomic mass is 79.9. The van der Waals surface area contributed by atoms with Crippen molar-refractivity contribution in [3.63, 3.8) is 0 Å². The molecule has 0 fully saturated rings. The van der Waals surface area contributed by atoms with Gasteiger partial charge in [-0.05, 0) is 35.1 Å². The Morgan fingerprint density at radius 2 is 1.86 bits per heavy atom. The number of aromatic amines is 1. The number of halogens is 1. The molecule has 29 heavy (non-hydrogen) atoms. The molecule has 0 saturated heterocycles. The van der Waals surface area contributed by atoms with Crippen LogP contribution < -0.4 is 5.32 Å². The number of hydrogen-bond acceptors (Lipinski definition) is 3. The first kappa shape index (κ1) is 18.4. The van der Waals surface area contributed by atoms with E-state index in [-0.39, 0.29) is 17.1 Å².